The first-order chi connectivity index (χ1) is 11.5. The molecule has 0 saturated carbocycles. The van der Waals surface area contributed by atoms with Crippen LogP contribution in [0.4, 0.5) is 4.79 Å². The fourth-order valence-electron chi connectivity index (χ4n) is 3.05. The lowest BCUT2D eigenvalue weighted by Gasteiger charge is -2.35. The number of hydrogen-bond acceptors (Lipinski definition) is 3. The lowest BCUT2D eigenvalue weighted by Crippen LogP contribution is -2.46. The fourth-order valence-corrected chi connectivity index (χ4v) is 3.05. The van der Waals surface area contributed by atoms with Crippen LogP contribution in [0.5, 0.6) is 0 Å². The highest BCUT2D eigenvalue weighted by molar-refractivity contribution is 5.79. The number of piperidine rings is 1. The second kappa shape index (κ2) is 8.71. The van der Waals surface area contributed by atoms with Gasteiger partial charge in [0.05, 0.1) is 6.61 Å². The van der Waals surface area contributed by atoms with Crippen LogP contribution in [0.25, 0.3) is 0 Å². The minimum absolute atomic E-state index is 0.0122. The monoisotopic (exact) mass is 332 g/mol. The molecule has 1 aliphatic heterocycles. The van der Waals surface area contributed by atoms with E-state index in [0.29, 0.717) is 39.1 Å². The second-order valence-electron chi connectivity index (χ2n) is 6.51. The van der Waals surface area contributed by atoms with Gasteiger partial charge in [-0.2, -0.15) is 0 Å². The van der Waals surface area contributed by atoms with E-state index in [4.69, 9.17) is 4.74 Å². The predicted octanol–water partition coefficient (Wildman–Crippen LogP) is 3.29. The number of amides is 2. The third kappa shape index (κ3) is 4.73. The van der Waals surface area contributed by atoms with Crippen molar-refractivity contribution < 1.29 is 14.3 Å². The SMILES string of the molecule is CCOC(=O)N1CCC(C(=O)N(Cc2ccccc2)C(C)C)CC1. The maximum Gasteiger partial charge on any atom is 0.409 e. The molecule has 1 aromatic rings. The molecule has 2 amide bonds. The van der Waals surface area contributed by atoms with Crippen molar-refractivity contribution in [1.29, 1.82) is 0 Å². The first-order valence-electron chi connectivity index (χ1n) is 8.79. The van der Waals surface area contributed by atoms with E-state index in [2.05, 4.69) is 13.8 Å². The van der Waals surface area contributed by atoms with Gasteiger partial charge in [-0.05, 0) is 39.2 Å². The van der Waals surface area contributed by atoms with E-state index in [1.54, 1.807) is 11.8 Å². The summed E-state index contributed by atoms with van der Waals surface area (Å²) in [6.07, 6.45) is 1.14. The summed E-state index contributed by atoms with van der Waals surface area (Å²) >= 11 is 0. The number of carbonyl (C=O) groups is 2. The van der Waals surface area contributed by atoms with Gasteiger partial charge in [0.1, 0.15) is 0 Å². The van der Waals surface area contributed by atoms with E-state index in [1.807, 2.05) is 35.2 Å². The molecule has 24 heavy (non-hydrogen) atoms. The van der Waals surface area contributed by atoms with Crippen molar-refractivity contribution in [2.24, 2.45) is 5.92 Å². The van der Waals surface area contributed by atoms with Crippen LogP contribution in [0.3, 0.4) is 0 Å². The number of rotatable bonds is 5. The molecule has 5 nitrogen and oxygen atoms in total. The Labute approximate surface area is 144 Å². The third-order valence-corrected chi connectivity index (χ3v) is 4.47. The number of hydrogen-bond donors (Lipinski definition) is 0. The molecule has 1 saturated heterocycles. The number of likely N-dealkylation sites (tertiary alicyclic amines) is 1. The number of benzene rings is 1. The Balaban J connectivity index is 1.95. The summed E-state index contributed by atoms with van der Waals surface area (Å²) in [5.74, 6) is 0.180. The summed E-state index contributed by atoms with van der Waals surface area (Å²) in [6, 6.07) is 10.2. The van der Waals surface area contributed by atoms with E-state index in [1.165, 1.54) is 0 Å². The summed E-state index contributed by atoms with van der Waals surface area (Å²) in [7, 11) is 0. The summed E-state index contributed by atoms with van der Waals surface area (Å²) in [5.41, 5.74) is 1.14. The van der Waals surface area contributed by atoms with E-state index in [9.17, 15) is 9.59 Å². The molecule has 0 atom stereocenters. The Kier molecular flexibility index (Phi) is 6.64. The molecule has 1 aliphatic rings. The van der Waals surface area contributed by atoms with Crippen molar-refractivity contribution in [3.8, 4) is 0 Å². The molecular formula is C19H28N2O3. The van der Waals surface area contributed by atoms with Gasteiger partial charge in [0.2, 0.25) is 5.91 Å². The zero-order chi connectivity index (χ0) is 17.5. The molecule has 0 spiro atoms. The molecule has 0 aromatic heterocycles. The molecular weight excluding hydrogens is 304 g/mol. The van der Waals surface area contributed by atoms with E-state index < -0.39 is 0 Å². The molecule has 1 heterocycles. The fraction of sp³-hybridized carbons (Fsp3) is 0.579. The van der Waals surface area contributed by atoms with E-state index >= 15 is 0 Å². The first kappa shape index (κ1) is 18.3. The zero-order valence-corrected chi connectivity index (χ0v) is 14.9. The van der Waals surface area contributed by atoms with Crippen LogP contribution in [0.2, 0.25) is 0 Å². The van der Waals surface area contributed by atoms with Gasteiger partial charge in [-0.1, -0.05) is 30.3 Å². The highest BCUT2D eigenvalue weighted by atomic mass is 16.6. The highest BCUT2D eigenvalue weighted by Gasteiger charge is 2.31. The highest BCUT2D eigenvalue weighted by Crippen LogP contribution is 2.22. The molecule has 0 N–H and O–H groups in total. The van der Waals surface area contributed by atoms with Crippen molar-refractivity contribution in [3.63, 3.8) is 0 Å². The molecule has 1 aromatic carbocycles. The van der Waals surface area contributed by atoms with Gasteiger partial charge in [0, 0.05) is 31.6 Å². The number of carbonyl (C=O) groups excluding carboxylic acids is 2. The van der Waals surface area contributed by atoms with E-state index in [-0.39, 0.29) is 24.0 Å². The van der Waals surface area contributed by atoms with Crippen LogP contribution in [-0.4, -0.2) is 47.5 Å². The zero-order valence-electron chi connectivity index (χ0n) is 14.9. The molecule has 0 radical (unpaired) electrons. The summed E-state index contributed by atoms with van der Waals surface area (Å²) in [4.78, 5) is 28.3. The topological polar surface area (TPSA) is 49.9 Å². The minimum atomic E-state index is -0.270. The van der Waals surface area contributed by atoms with Gasteiger partial charge in [-0.3, -0.25) is 4.79 Å². The molecule has 0 aliphatic carbocycles. The lowest BCUT2D eigenvalue weighted by atomic mass is 9.94. The smallest absolute Gasteiger partial charge is 0.409 e. The Morgan fingerprint density at radius 1 is 1.21 bits per heavy atom. The Bertz CT molecular complexity index is 537. The molecule has 1 fully saturated rings. The van der Waals surface area contributed by atoms with Crippen LogP contribution >= 0.6 is 0 Å². The maximum atomic E-state index is 12.9. The summed E-state index contributed by atoms with van der Waals surface area (Å²) in [6.45, 7) is 8.10. The molecule has 132 valence electrons. The summed E-state index contributed by atoms with van der Waals surface area (Å²) in [5, 5.41) is 0. The Hall–Kier alpha value is -2.04. The van der Waals surface area contributed by atoms with Crippen LogP contribution in [0, 0.1) is 5.92 Å². The van der Waals surface area contributed by atoms with Gasteiger partial charge in [-0.25, -0.2) is 4.79 Å². The van der Waals surface area contributed by atoms with Crippen LogP contribution in [-0.2, 0) is 16.1 Å². The number of ether oxygens (including phenoxy) is 1. The van der Waals surface area contributed by atoms with Crippen molar-refractivity contribution in [2.75, 3.05) is 19.7 Å². The average molecular weight is 332 g/mol. The Morgan fingerprint density at radius 2 is 1.83 bits per heavy atom. The average Bonchev–Trinajstić information content (AvgIpc) is 2.60. The molecule has 0 unspecified atom stereocenters. The quantitative estimate of drug-likeness (QED) is 0.831. The predicted molar refractivity (Wildman–Crippen MR) is 93.4 cm³/mol. The van der Waals surface area contributed by atoms with Gasteiger partial charge >= 0.3 is 6.09 Å². The van der Waals surface area contributed by atoms with Crippen LogP contribution in [0.15, 0.2) is 30.3 Å². The maximum absolute atomic E-state index is 12.9. The van der Waals surface area contributed by atoms with Gasteiger partial charge in [-0.15, -0.1) is 0 Å². The van der Waals surface area contributed by atoms with Crippen LogP contribution in [0.1, 0.15) is 39.2 Å². The van der Waals surface area contributed by atoms with Crippen molar-refractivity contribution in [1.82, 2.24) is 9.80 Å². The minimum Gasteiger partial charge on any atom is -0.450 e. The second-order valence-corrected chi connectivity index (χ2v) is 6.51. The summed E-state index contributed by atoms with van der Waals surface area (Å²) < 4.78 is 5.03. The van der Waals surface area contributed by atoms with Crippen molar-refractivity contribution in [2.45, 2.75) is 46.2 Å². The molecule has 0 bridgehead atoms. The van der Waals surface area contributed by atoms with E-state index in [0.717, 1.165) is 5.56 Å². The van der Waals surface area contributed by atoms with Gasteiger partial charge in [0.15, 0.2) is 0 Å². The van der Waals surface area contributed by atoms with Crippen molar-refractivity contribution >= 4 is 12.0 Å². The van der Waals surface area contributed by atoms with Gasteiger partial charge in [0.25, 0.3) is 0 Å². The third-order valence-electron chi connectivity index (χ3n) is 4.47. The first-order valence-corrected chi connectivity index (χ1v) is 8.79. The standard InChI is InChI=1S/C19H28N2O3/c1-4-24-19(23)20-12-10-17(11-13-20)18(22)21(15(2)3)14-16-8-6-5-7-9-16/h5-9,15,17H,4,10-14H2,1-3H3. The van der Waals surface area contributed by atoms with Gasteiger partial charge < -0.3 is 14.5 Å². The largest absolute Gasteiger partial charge is 0.450 e. The Morgan fingerprint density at radius 3 is 2.38 bits per heavy atom. The normalized spacial score (nSPS) is 15.4. The van der Waals surface area contributed by atoms with Crippen LogP contribution < -0.4 is 0 Å². The lowest BCUT2D eigenvalue weighted by molar-refractivity contribution is -0.139. The molecule has 5 heteroatoms. The number of nitrogens with zero attached hydrogens (tertiary/aromatic N) is 2. The molecule has 2 rings (SSSR count). The van der Waals surface area contributed by atoms with Crippen molar-refractivity contribution in [3.05, 3.63) is 35.9 Å².